The van der Waals surface area contributed by atoms with Gasteiger partial charge in [-0.2, -0.15) is 0 Å². The van der Waals surface area contributed by atoms with Crippen molar-refractivity contribution >= 4 is 12.1 Å². The van der Waals surface area contributed by atoms with E-state index in [-0.39, 0.29) is 11.6 Å². The summed E-state index contributed by atoms with van der Waals surface area (Å²) in [5, 5.41) is 9.75. The van der Waals surface area contributed by atoms with Crippen molar-refractivity contribution in [3.05, 3.63) is 0 Å². The van der Waals surface area contributed by atoms with E-state index in [9.17, 15) is 4.79 Å². The molecule has 22 heavy (non-hydrogen) atoms. The van der Waals surface area contributed by atoms with E-state index in [0.717, 1.165) is 51.2 Å². The van der Waals surface area contributed by atoms with Crippen LogP contribution in [-0.4, -0.2) is 42.8 Å². The maximum absolute atomic E-state index is 12.2. The lowest BCUT2D eigenvalue weighted by atomic mass is 9.81. The lowest BCUT2D eigenvalue weighted by Gasteiger charge is -2.39. The van der Waals surface area contributed by atoms with Crippen LogP contribution < -0.4 is 16.0 Å². The van der Waals surface area contributed by atoms with Crippen LogP contribution in [0.4, 0.5) is 4.79 Å². The topological polar surface area (TPSA) is 74.8 Å². The minimum absolute atomic E-state index is 0.234. The van der Waals surface area contributed by atoms with Crippen molar-refractivity contribution in [2.24, 2.45) is 4.99 Å². The second-order valence-electron chi connectivity index (χ2n) is 7.33. The van der Waals surface area contributed by atoms with E-state index in [4.69, 9.17) is 4.74 Å². The van der Waals surface area contributed by atoms with Crippen LogP contribution in [0.1, 0.15) is 59.3 Å². The van der Waals surface area contributed by atoms with Crippen LogP contribution in [0.25, 0.3) is 0 Å². The lowest BCUT2D eigenvalue weighted by molar-refractivity contribution is 0.0427. The first kappa shape index (κ1) is 16.9. The van der Waals surface area contributed by atoms with Gasteiger partial charge in [0.25, 0.3) is 0 Å². The molecule has 1 heterocycles. The minimum Gasteiger partial charge on any atom is -0.444 e. The average molecular weight is 310 g/mol. The molecule has 0 bridgehead atoms. The molecule has 1 saturated carbocycles. The Balaban J connectivity index is 1.94. The van der Waals surface area contributed by atoms with Gasteiger partial charge in [-0.1, -0.05) is 19.3 Å². The monoisotopic (exact) mass is 310 g/mol. The lowest BCUT2D eigenvalue weighted by Crippen LogP contribution is -2.58. The molecule has 0 unspecified atom stereocenters. The summed E-state index contributed by atoms with van der Waals surface area (Å²) in [5.41, 5.74) is -0.704. The van der Waals surface area contributed by atoms with Crippen molar-refractivity contribution < 1.29 is 9.53 Å². The van der Waals surface area contributed by atoms with Gasteiger partial charge in [-0.3, -0.25) is 4.99 Å². The van der Waals surface area contributed by atoms with Crippen LogP contribution in [0.5, 0.6) is 0 Å². The first-order valence-corrected chi connectivity index (χ1v) is 8.42. The molecule has 6 nitrogen and oxygen atoms in total. The first-order chi connectivity index (χ1) is 10.4. The van der Waals surface area contributed by atoms with Crippen molar-refractivity contribution in [1.29, 1.82) is 0 Å². The number of carbonyl (C=O) groups excluding carboxylic acids is 1. The number of amides is 1. The fraction of sp³-hybridized carbons (Fsp3) is 0.875. The highest BCUT2D eigenvalue weighted by Gasteiger charge is 2.35. The summed E-state index contributed by atoms with van der Waals surface area (Å²) in [6, 6.07) is 0. The van der Waals surface area contributed by atoms with Crippen molar-refractivity contribution in [3.8, 4) is 0 Å². The van der Waals surface area contributed by atoms with Gasteiger partial charge < -0.3 is 20.7 Å². The Morgan fingerprint density at radius 1 is 1.27 bits per heavy atom. The number of hydrogen-bond donors (Lipinski definition) is 3. The van der Waals surface area contributed by atoms with Gasteiger partial charge in [-0.15, -0.1) is 0 Å². The summed E-state index contributed by atoms with van der Waals surface area (Å²) >= 11 is 0. The summed E-state index contributed by atoms with van der Waals surface area (Å²) < 4.78 is 5.43. The Labute approximate surface area is 133 Å². The number of rotatable bonds is 3. The summed E-state index contributed by atoms with van der Waals surface area (Å²) in [6.45, 7) is 8.18. The van der Waals surface area contributed by atoms with Gasteiger partial charge in [0.2, 0.25) is 0 Å². The number of alkyl carbamates (subject to hydrolysis) is 1. The van der Waals surface area contributed by atoms with Crippen LogP contribution in [0.3, 0.4) is 0 Å². The van der Waals surface area contributed by atoms with E-state index in [1.807, 2.05) is 20.8 Å². The number of guanidine groups is 1. The third-order valence-corrected chi connectivity index (χ3v) is 4.07. The average Bonchev–Trinajstić information content (AvgIpc) is 2.45. The summed E-state index contributed by atoms with van der Waals surface area (Å²) in [7, 11) is 0. The number of hydrogen-bond acceptors (Lipinski definition) is 5. The van der Waals surface area contributed by atoms with E-state index >= 15 is 0 Å². The van der Waals surface area contributed by atoms with Gasteiger partial charge in [0.15, 0.2) is 5.96 Å². The SMILES string of the molecule is CC(C)(C)OC(=O)NC1(CNC2=NCCCN2)CCCCC1. The largest absolute Gasteiger partial charge is 0.444 e. The second-order valence-corrected chi connectivity index (χ2v) is 7.33. The normalized spacial score (nSPS) is 21.3. The van der Waals surface area contributed by atoms with E-state index in [1.54, 1.807) is 0 Å². The number of nitrogens with zero attached hydrogens (tertiary/aromatic N) is 1. The molecule has 0 atom stereocenters. The fourth-order valence-corrected chi connectivity index (χ4v) is 3.00. The molecule has 3 N–H and O–H groups in total. The van der Waals surface area contributed by atoms with E-state index in [1.165, 1.54) is 6.42 Å². The quantitative estimate of drug-likeness (QED) is 0.747. The van der Waals surface area contributed by atoms with E-state index in [2.05, 4.69) is 20.9 Å². The Hall–Kier alpha value is -1.46. The highest BCUT2D eigenvalue weighted by molar-refractivity contribution is 5.80. The molecular formula is C16H30N4O2. The molecule has 6 heteroatoms. The zero-order chi connectivity index (χ0) is 16.1. The molecule has 0 spiro atoms. The third-order valence-electron chi connectivity index (χ3n) is 4.07. The molecule has 0 saturated heterocycles. The first-order valence-electron chi connectivity index (χ1n) is 8.42. The molecule has 0 radical (unpaired) electrons. The van der Waals surface area contributed by atoms with Gasteiger partial charge in [0, 0.05) is 19.6 Å². The molecule has 1 aliphatic carbocycles. The molecular weight excluding hydrogens is 280 g/mol. The Morgan fingerprint density at radius 2 is 2.00 bits per heavy atom. The Morgan fingerprint density at radius 3 is 2.59 bits per heavy atom. The molecule has 2 rings (SSSR count). The van der Waals surface area contributed by atoms with Crippen LogP contribution in [0.2, 0.25) is 0 Å². The van der Waals surface area contributed by atoms with Crippen molar-refractivity contribution in [1.82, 2.24) is 16.0 Å². The van der Waals surface area contributed by atoms with Gasteiger partial charge in [-0.25, -0.2) is 4.79 Å². The Bertz CT molecular complexity index is 409. The van der Waals surface area contributed by atoms with Crippen LogP contribution in [0.15, 0.2) is 4.99 Å². The number of carbonyl (C=O) groups is 1. The van der Waals surface area contributed by atoms with Crippen molar-refractivity contribution in [2.45, 2.75) is 70.4 Å². The summed E-state index contributed by atoms with van der Waals surface area (Å²) in [5.74, 6) is 0.849. The van der Waals surface area contributed by atoms with E-state index < -0.39 is 5.60 Å². The molecule has 0 aromatic heterocycles. The number of ether oxygens (including phenoxy) is 1. The predicted octanol–water partition coefficient (Wildman–Crippen LogP) is 2.15. The van der Waals surface area contributed by atoms with Crippen molar-refractivity contribution in [2.75, 3.05) is 19.6 Å². The van der Waals surface area contributed by atoms with Gasteiger partial charge >= 0.3 is 6.09 Å². The van der Waals surface area contributed by atoms with Crippen molar-refractivity contribution in [3.63, 3.8) is 0 Å². The molecule has 0 aromatic carbocycles. The molecule has 126 valence electrons. The highest BCUT2D eigenvalue weighted by atomic mass is 16.6. The fourth-order valence-electron chi connectivity index (χ4n) is 3.00. The van der Waals surface area contributed by atoms with Crippen LogP contribution in [0, 0.1) is 0 Å². The van der Waals surface area contributed by atoms with Gasteiger partial charge in [0.05, 0.1) is 5.54 Å². The standard InChI is InChI=1S/C16H30N4O2/c1-15(2,3)22-14(21)20-16(8-5-4-6-9-16)12-19-13-17-10-7-11-18-13/h4-12H2,1-3H3,(H,20,21)(H2,17,18,19). The molecule has 1 aliphatic heterocycles. The molecule has 1 amide bonds. The predicted molar refractivity (Wildman–Crippen MR) is 88.1 cm³/mol. The summed E-state index contributed by atoms with van der Waals surface area (Å²) in [4.78, 5) is 16.6. The zero-order valence-corrected chi connectivity index (χ0v) is 14.1. The minimum atomic E-state index is -0.470. The zero-order valence-electron chi connectivity index (χ0n) is 14.1. The van der Waals surface area contributed by atoms with Crippen LogP contribution in [-0.2, 0) is 4.74 Å². The Kier molecular flexibility index (Phi) is 5.53. The summed E-state index contributed by atoms with van der Waals surface area (Å²) in [6.07, 6.45) is 6.21. The van der Waals surface area contributed by atoms with E-state index in [0.29, 0.717) is 6.54 Å². The highest BCUT2D eigenvalue weighted by Crippen LogP contribution is 2.28. The molecule has 0 aromatic rings. The third kappa shape index (κ3) is 5.39. The van der Waals surface area contributed by atoms with Gasteiger partial charge in [0.1, 0.15) is 5.60 Å². The smallest absolute Gasteiger partial charge is 0.408 e. The second kappa shape index (κ2) is 7.20. The van der Waals surface area contributed by atoms with Crippen LogP contribution >= 0.6 is 0 Å². The number of nitrogens with one attached hydrogen (secondary N) is 3. The maximum Gasteiger partial charge on any atom is 0.408 e. The maximum atomic E-state index is 12.2. The molecule has 2 aliphatic rings. The molecule has 1 fully saturated rings. The van der Waals surface area contributed by atoms with Gasteiger partial charge in [-0.05, 0) is 40.0 Å². The number of aliphatic imine (C=N–C) groups is 1.